The van der Waals surface area contributed by atoms with Crippen LogP contribution in [0.1, 0.15) is 31.2 Å². The monoisotopic (exact) mass is 308 g/mol. The number of primary amides is 1. The normalized spacial score (nSPS) is 10.0. The molecule has 1 aromatic rings. The number of ether oxygens (including phenoxy) is 2. The Kier molecular flexibility index (Phi) is 8.49. The third kappa shape index (κ3) is 8.84. The van der Waals surface area contributed by atoms with Gasteiger partial charge in [0.15, 0.2) is 0 Å². The average Bonchev–Trinajstić information content (AvgIpc) is 2.49. The number of hydrogen-bond acceptors (Lipinski definition) is 4. The van der Waals surface area contributed by atoms with Gasteiger partial charge in [-0.1, -0.05) is 24.1 Å². The molecule has 0 spiro atoms. The van der Waals surface area contributed by atoms with Crippen LogP contribution in [0.25, 0.3) is 0 Å². The molecular weight excluding hydrogens is 284 g/mol. The smallest absolute Gasteiger partial charge is 0.312 e. The van der Waals surface area contributed by atoms with Gasteiger partial charge in [-0.05, 0) is 31.9 Å². The van der Waals surface area contributed by atoms with E-state index in [-0.39, 0.29) is 12.6 Å². The van der Waals surface area contributed by atoms with Crippen molar-refractivity contribution in [2.75, 3.05) is 19.8 Å². The Morgan fingerprint density at radius 1 is 1.09 bits per heavy atom. The van der Waals surface area contributed by atoms with E-state index in [0.29, 0.717) is 19.6 Å². The summed E-state index contributed by atoms with van der Waals surface area (Å²) in [5.74, 6) is 0.541. The highest BCUT2D eigenvalue weighted by atomic mass is 16.6. The van der Waals surface area contributed by atoms with Crippen molar-refractivity contribution < 1.29 is 19.1 Å². The number of aryl methyl sites for hydroxylation is 1. The highest BCUT2D eigenvalue weighted by molar-refractivity contribution is 5.71. The molecule has 0 aliphatic rings. The van der Waals surface area contributed by atoms with Gasteiger partial charge in [-0.25, -0.2) is 4.79 Å². The zero-order valence-corrected chi connectivity index (χ0v) is 13.0. The van der Waals surface area contributed by atoms with Crippen LogP contribution in [-0.2, 0) is 9.53 Å². The molecule has 122 valence electrons. The van der Waals surface area contributed by atoms with Crippen molar-refractivity contribution in [1.29, 1.82) is 0 Å². The van der Waals surface area contributed by atoms with Crippen molar-refractivity contribution in [2.45, 2.75) is 32.6 Å². The van der Waals surface area contributed by atoms with Gasteiger partial charge in [-0.2, -0.15) is 0 Å². The minimum Gasteiger partial charge on any atom is -0.490 e. The van der Waals surface area contributed by atoms with Crippen LogP contribution in [0.5, 0.6) is 5.75 Å². The highest BCUT2D eigenvalue weighted by Gasteiger charge is 2.03. The fraction of sp³-hybridized carbons (Fsp3) is 0.500. The summed E-state index contributed by atoms with van der Waals surface area (Å²) in [6.45, 7) is 3.14. The van der Waals surface area contributed by atoms with Gasteiger partial charge < -0.3 is 20.5 Å². The molecule has 0 heterocycles. The van der Waals surface area contributed by atoms with E-state index in [1.165, 1.54) is 5.56 Å². The van der Waals surface area contributed by atoms with Gasteiger partial charge in [0.05, 0.1) is 0 Å². The Morgan fingerprint density at radius 3 is 2.50 bits per heavy atom. The Bertz CT molecular complexity index is 460. The molecule has 0 aromatic heterocycles. The van der Waals surface area contributed by atoms with Crippen LogP contribution in [0, 0.1) is 6.92 Å². The largest absolute Gasteiger partial charge is 0.490 e. The zero-order chi connectivity index (χ0) is 16.2. The molecule has 0 unspecified atom stereocenters. The Morgan fingerprint density at radius 2 is 1.82 bits per heavy atom. The van der Waals surface area contributed by atoms with E-state index in [9.17, 15) is 9.59 Å². The van der Waals surface area contributed by atoms with Crippen molar-refractivity contribution in [3.8, 4) is 5.75 Å². The summed E-state index contributed by atoms with van der Waals surface area (Å²) in [5, 5.41) is 2.50. The fourth-order valence-electron chi connectivity index (χ4n) is 1.80. The van der Waals surface area contributed by atoms with Gasteiger partial charge in [0.2, 0.25) is 0 Å². The summed E-state index contributed by atoms with van der Waals surface area (Å²) < 4.78 is 10.5. The first kappa shape index (κ1) is 17.8. The van der Waals surface area contributed by atoms with Crippen molar-refractivity contribution in [1.82, 2.24) is 5.32 Å². The molecule has 0 aliphatic heterocycles. The lowest BCUT2D eigenvalue weighted by molar-refractivity contribution is -0.144. The molecule has 0 bridgehead atoms. The van der Waals surface area contributed by atoms with Crippen molar-refractivity contribution in [2.24, 2.45) is 5.73 Å². The number of rotatable bonds is 10. The Hall–Kier alpha value is -2.24. The molecule has 0 saturated heterocycles. The maximum atomic E-state index is 11.5. The molecule has 6 nitrogen and oxygen atoms in total. The molecule has 22 heavy (non-hydrogen) atoms. The lowest BCUT2D eigenvalue weighted by Crippen LogP contribution is -2.29. The molecule has 0 saturated carbocycles. The van der Waals surface area contributed by atoms with Crippen molar-refractivity contribution in [3.05, 3.63) is 29.8 Å². The Balaban J connectivity index is 1.97. The number of carbonyl (C=O) groups is 2. The van der Waals surface area contributed by atoms with E-state index in [4.69, 9.17) is 15.2 Å². The van der Waals surface area contributed by atoms with Crippen LogP contribution in [0.2, 0.25) is 0 Å². The number of nitrogens with one attached hydrogen (secondary N) is 1. The first-order valence-corrected chi connectivity index (χ1v) is 7.46. The molecule has 0 atom stereocenters. The topological polar surface area (TPSA) is 90.7 Å². The molecule has 2 amide bonds. The minimum atomic E-state index is -0.520. The van der Waals surface area contributed by atoms with Crippen molar-refractivity contribution >= 4 is 12.0 Å². The average molecular weight is 308 g/mol. The summed E-state index contributed by atoms with van der Waals surface area (Å²) in [7, 11) is 0. The second-order valence-corrected chi connectivity index (χ2v) is 4.98. The van der Waals surface area contributed by atoms with Crippen LogP contribution < -0.4 is 15.8 Å². The molecule has 3 N–H and O–H groups in total. The molecule has 0 radical (unpaired) electrons. The lowest BCUT2D eigenvalue weighted by atomic mass is 10.2. The van der Waals surface area contributed by atoms with Crippen LogP contribution in [0.4, 0.5) is 4.79 Å². The molecule has 0 aliphatic carbocycles. The molecule has 1 aromatic carbocycles. The van der Waals surface area contributed by atoms with E-state index >= 15 is 0 Å². The number of benzene rings is 1. The standard InChI is InChI=1S/C16H24N2O4/c1-13-6-8-14(9-7-13)21-11-12-22-15(19)5-3-2-4-10-18-16(17)20/h6-9H,2-5,10-12H2,1H3,(H3,17,18,20). The fourth-order valence-corrected chi connectivity index (χ4v) is 1.80. The molecule has 1 rings (SSSR count). The van der Waals surface area contributed by atoms with Gasteiger partial charge >= 0.3 is 12.0 Å². The summed E-state index contributed by atoms with van der Waals surface area (Å²) in [4.78, 5) is 21.9. The predicted molar refractivity (Wildman–Crippen MR) is 83.7 cm³/mol. The number of amides is 2. The molecule has 0 fully saturated rings. The number of urea groups is 1. The van der Waals surface area contributed by atoms with E-state index in [2.05, 4.69) is 5.32 Å². The predicted octanol–water partition coefficient (Wildman–Crippen LogP) is 2.15. The zero-order valence-electron chi connectivity index (χ0n) is 13.0. The van der Waals surface area contributed by atoms with E-state index in [1.54, 1.807) is 0 Å². The van der Waals surface area contributed by atoms with E-state index in [0.717, 1.165) is 25.0 Å². The summed E-state index contributed by atoms with van der Waals surface area (Å²) in [5.41, 5.74) is 6.11. The van der Waals surface area contributed by atoms with Gasteiger partial charge in [-0.3, -0.25) is 4.79 Å². The number of esters is 1. The molecular formula is C16H24N2O4. The number of carbonyl (C=O) groups excluding carboxylic acids is 2. The lowest BCUT2D eigenvalue weighted by Gasteiger charge is -2.07. The second kappa shape index (κ2) is 10.5. The van der Waals surface area contributed by atoms with Crippen molar-refractivity contribution in [3.63, 3.8) is 0 Å². The molecule has 6 heteroatoms. The number of hydrogen-bond donors (Lipinski definition) is 2. The van der Waals surface area contributed by atoms with E-state index < -0.39 is 6.03 Å². The third-order valence-corrected chi connectivity index (χ3v) is 2.99. The number of unbranched alkanes of at least 4 members (excludes halogenated alkanes) is 2. The van der Waals surface area contributed by atoms with E-state index in [1.807, 2.05) is 31.2 Å². The maximum absolute atomic E-state index is 11.5. The SMILES string of the molecule is Cc1ccc(OCCOC(=O)CCCCCNC(N)=O)cc1. The summed E-state index contributed by atoms with van der Waals surface area (Å²) >= 11 is 0. The van der Waals surface area contributed by atoms with Crippen LogP contribution in [0.15, 0.2) is 24.3 Å². The first-order chi connectivity index (χ1) is 10.6. The first-order valence-electron chi connectivity index (χ1n) is 7.46. The maximum Gasteiger partial charge on any atom is 0.312 e. The third-order valence-electron chi connectivity index (χ3n) is 2.99. The highest BCUT2D eigenvalue weighted by Crippen LogP contribution is 2.11. The summed E-state index contributed by atoms with van der Waals surface area (Å²) in [6, 6.07) is 7.19. The Labute approximate surface area is 131 Å². The van der Waals surface area contributed by atoms with Gasteiger partial charge in [0, 0.05) is 13.0 Å². The second-order valence-electron chi connectivity index (χ2n) is 4.98. The van der Waals surface area contributed by atoms with Crippen LogP contribution in [0.3, 0.4) is 0 Å². The van der Waals surface area contributed by atoms with Gasteiger partial charge in [0.25, 0.3) is 0 Å². The quantitative estimate of drug-likeness (QED) is 0.512. The minimum absolute atomic E-state index is 0.227. The van der Waals surface area contributed by atoms with Gasteiger partial charge in [-0.15, -0.1) is 0 Å². The van der Waals surface area contributed by atoms with Gasteiger partial charge in [0.1, 0.15) is 19.0 Å². The summed E-state index contributed by atoms with van der Waals surface area (Å²) in [6.07, 6.45) is 2.75. The van der Waals surface area contributed by atoms with Crippen LogP contribution >= 0.6 is 0 Å². The van der Waals surface area contributed by atoms with Crippen LogP contribution in [-0.4, -0.2) is 31.8 Å². The number of nitrogens with two attached hydrogens (primary N) is 1.